The van der Waals surface area contributed by atoms with Gasteiger partial charge in [-0.15, -0.1) is 0 Å². The van der Waals surface area contributed by atoms with E-state index in [9.17, 15) is 10.2 Å². The number of para-hydroxylation sites is 1. The first-order chi connectivity index (χ1) is 7.66. The SMILES string of the molecule is Oc1cccc(Oc2cccc(Cl)c2)c1O. The topological polar surface area (TPSA) is 49.7 Å². The summed E-state index contributed by atoms with van der Waals surface area (Å²) in [7, 11) is 0. The summed E-state index contributed by atoms with van der Waals surface area (Å²) in [5.74, 6) is 0.165. The average molecular weight is 237 g/mol. The molecule has 2 aromatic rings. The van der Waals surface area contributed by atoms with E-state index in [1.807, 2.05) is 0 Å². The molecule has 2 N–H and O–H groups in total. The van der Waals surface area contributed by atoms with Crippen molar-refractivity contribution in [3.05, 3.63) is 47.5 Å². The van der Waals surface area contributed by atoms with Gasteiger partial charge in [0.2, 0.25) is 5.75 Å². The molecule has 0 atom stereocenters. The molecule has 82 valence electrons. The molecule has 0 saturated carbocycles. The van der Waals surface area contributed by atoms with Crippen LogP contribution in [0.1, 0.15) is 0 Å². The van der Waals surface area contributed by atoms with Gasteiger partial charge >= 0.3 is 0 Å². The second-order valence-corrected chi connectivity index (χ2v) is 3.62. The first-order valence-electron chi connectivity index (χ1n) is 4.61. The molecule has 3 nitrogen and oxygen atoms in total. The third-order valence-electron chi connectivity index (χ3n) is 2.00. The molecule has 0 radical (unpaired) electrons. The minimum Gasteiger partial charge on any atom is -0.504 e. The number of hydrogen-bond donors (Lipinski definition) is 2. The Morgan fingerprint density at radius 3 is 2.50 bits per heavy atom. The largest absolute Gasteiger partial charge is 0.504 e. The standard InChI is InChI=1S/C12H9ClO3/c13-8-3-1-4-9(7-8)16-11-6-2-5-10(14)12(11)15/h1-7,14-15H. The van der Waals surface area contributed by atoms with Crippen molar-refractivity contribution in [1.29, 1.82) is 0 Å². The Bertz CT molecular complexity index is 511. The normalized spacial score (nSPS) is 10.1. The van der Waals surface area contributed by atoms with Gasteiger partial charge in [-0.3, -0.25) is 0 Å². The molecular formula is C12H9ClO3. The van der Waals surface area contributed by atoms with Crippen LogP contribution >= 0.6 is 11.6 Å². The van der Waals surface area contributed by atoms with E-state index in [0.717, 1.165) is 0 Å². The number of benzene rings is 2. The van der Waals surface area contributed by atoms with Crippen LogP contribution in [0.15, 0.2) is 42.5 Å². The smallest absolute Gasteiger partial charge is 0.201 e. The van der Waals surface area contributed by atoms with Gasteiger partial charge in [0.25, 0.3) is 0 Å². The van der Waals surface area contributed by atoms with Crippen molar-refractivity contribution in [1.82, 2.24) is 0 Å². The molecule has 16 heavy (non-hydrogen) atoms. The van der Waals surface area contributed by atoms with Crippen molar-refractivity contribution in [2.45, 2.75) is 0 Å². The van der Waals surface area contributed by atoms with Gasteiger partial charge in [-0.25, -0.2) is 0 Å². The Balaban J connectivity index is 2.31. The Morgan fingerprint density at radius 1 is 1.00 bits per heavy atom. The van der Waals surface area contributed by atoms with Crippen LogP contribution in [0.5, 0.6) is 23.0 Å². The predicted octanol–water partition coefficient (Wildman–Crippen LogP) is 3.54. The highest BCUT2D eigenvalue weighted by molar-refractivity contribution is 6.30. The molecule has 0 spiro atoms. The lowest BCUT2D eigenvalue weighted by Gasteiger charge is -2.08. The molecule has 0 heterocycles. The maximum absolute atomic E-state index is 9.52. The molecule has 0 fully saturated rings. The Morgan fingerprint density at radius 2 is 1.75 bits per heavy atom. The monoisotopic (exact) mass is 236 g/mol. The van der Waals surface area contributed by atoms with Gasteiger partial charge < -0.3 is 14.9 Å². The predicted molar refractivity (Wildman–Crippen MR) is 61.3 cm³/mol. The van der Waals surface area contributed by atoms with Gasteiger partial charge in [-0.1, -0.05) is 23.7 Å². The Labute approximate surface area is 97.5 Å². The summed E-state index contributed by atoms with van der Waals surface area (Å²) in [5.41, 5.74) is 0. The van der Waals surface area contributed by atoms with Crippen molar-refractivity contribution < 1.29 is 14.9 Å². The summed E-state index contributed by atoms with van der Waals surface area (Å²) in [5, 5.41) is 19.3. The molecule has 0 aliphatic heterocycles. The third-order valence-corrected chi connectivity index (χ3v) is 2.24. The maximum Gasteiger partial charge on any atom is 0.201 e. The van der Waals surface area contributed by atoms with Gasteiger partial charge in [-0.05, 0) is 30.3 Å². The molecule has 0 aliphatic carbocycles. The quantitative estimate of drug-likeness (QED) is 0.784. The molecular weight excluding hydrogens is 228 g/mol. The van der Waals surface area contributed by atoms with Crippen molar-refractivity contribution in [3.8, 4) is 23.0 Å². The van der Waals surface area contributed by atoms with E-state index in [0.29, 0.717) is 10.8 Å². The Kier molecular flexibility index (Phi) is 2.88. The molecule has 4 heteroatoms. The van der Waals surface area contributed by atoms with E-state index in [4.69, 9.17) is 16.3 Å². The summed E-state index contributed by atoms with van der Waals surface area (Å²) >= 11 is 5.79. The van der Waals surface area contributed by atoms with Gasteiger partial charge in [0.05, 0.1) is 0 Å². The number of phenolic OH excluding ortho intramolecular Hbond substituents is 2. The van der Waals surface area contributed by atoms with Crippen LogP contribution in [0.4, 0.5) is 0 Å². The third kappa shape index (κ3) is 2.20. The van der Waals surface area contributed by atoms with E-state index in [1.54, 1.807) is 36.4 Å². The van der Waals surface area contributed by atoms with E-state index in [1.165, 1.54) is 6.07 Å². The lowest BCUT2D eigenvalue weighted by Crippen LogP contribution is -1.84. The van der Waals surface area contributed by atoms with E-state index < -0.39 is 0 Å². The molecule has 0 saturated heterocycles. The number of rotatable bonds is 2. The van der Waals surface area contributed by atoms with Gasteiger partial charge in [0.15, 0.2) is 11.5 Å². The highest BCUT2D eigenvalue weighted by Crippen LogP contribution is 2.37. The molecule has 0 bridgehead atoms. The lowest BCUT2D eigenvalue weighted by molar-refractivity contribution is 0.373. The van der Waals surface area contributed by atoms with Crippen LogP contribution < -0.4 is 4.74 Å². The average Bonchev–Trinajstić information content (AvgIpc) is 2.25. The van der Waals surface area contributed by atoms with E-state index in [2.05, 4.69) is 0 Å². The zero-order valence-corrected chi connectivity index (χ0v) is 8.98. The van der Waals surface area contributed by atoms with E-state index in [-0.39, 0.29) is 17.2 Å². The fraction of sp³-hybridized carbons (Fsp3) is 0. The first kappa shape index (κ1) is 10.6. The van der Waals surface area contributed by atoms with E-state index >= 15 is 0 Å². The highest BCUT2D eigenvalue weighted by atomic mass is 35.5. The molecule has 2 aromatic carbocycles. The van der Waals surface area contributed by atoms with Crippen molar-refractivity contribution in [3.63, 3.8) is 0 Å². The molecule has 0 amide bonds. The van der Waals surface area contributed by atoms with Gasteiger partial charge in [-0.2, -0.15) is 0 Å². The second kappa shape index (κ2) is 4.33. The van der Waals surface area contributed by atoms with Crippen molar-refractivity contribution >= 4 is 11.6 Å². The zero-order chi connectivity index (χ0) is 11.5. The molecule has 2 rings (SSSR count). The van der Waals surface area contributed by atoms with Crippen LogP contribution in [0.25, 0.3) is 0 Å². The highest BCUT2D eigenvalue weighted by Gasteiger charge is 2.07. The summed E-state index contributed by atoms with van der Waals surface area (Å²) in [6, 6.07) is 11.3. The zero-order valence-electron chi connectivity index (χ0n) is 8.22. The number of hydrogen-bond acceptors (Lipinski definition) is 3. The fourth-order valence-corrected chi connectivity index (χ4v) is 1.43. The summed E-state index contributed by atoms with van der Waals surface area (Å²) in [6.45, 7) is 0. The molecule has 0 aliphatic rings. The van der Waals surface area contributed by atoms with Crippen LogP contribution in [-0.4, -0.2) is 10.2 Å². The minimum atomic E-state index is -0.289. The molecule has 0 unspecified atom stereocenters. The van der Waals surface area contributed by atoms with Crippen molar-refractivity contribution in [2.24, 2.45) is 0 Å². The number of aromatic hydroxyl groups is 2. The molecule has 0 aromatic heterocycles. The summed E-state index contributed by atoms with van der Waals surface area (Å²) in [4.78, 5) is 0. The maximum atomic E-state index is 9.52. The Hall–Kier alpha value is -1.87. The minimum absolute atomic E-state index is 0.183. The first-order valence-corrected chi connectivity index (χ1v) is 4.99. The van der Waals surface area contributed by atoms with Gasteiger partial charge in [0, 0.05) is 5.02 Å². The van der Waals surface area contributed by atoms with Crippen LogP contribution in [0, 0.1) is 0 Å². The van der Waals surface area contributed by atoms with Crippen LogP contribution in [0.3, 0.4) is 0 Å². The second-order valence-electron chi connectivity index (χ2n) is 3.18. The number of phenols is 2. The summed E-state index contributed by atoms with van der Waals surface area (Å²) < 4.78 is 5.38. The van der Waals surface area contributed by atoms with Crippen LogP contribution in [0.2, 0.25) is 5.02 Å². The fourth-order valence-electron chi connectivity index (χ4n) is 1.25. The number of ether oxygens (including phenoxy) is 1. The van der Waals surface area contributed by atoms with Gasteiger partial charge in [0.1, 0.15) is 5.75 Å². The van der Waals surface area contributed by atoms with Crippen molar-refractivity contribution in [2.75, 3.05) is 0 Å². The number of halogens is 1. The lowest BCUT2D eigenvalue weighted by atomic mass is 10.3. The summed E-state index contributed by atoms with van der Waals surface area (Å²) in [6.07, 6.45) is 0. The van der Waals surface area contributed by atoms with Crippen LogP contribution in [-0.2, 0) is 0 Å².